The van der Waals surface area contributed by atoms with Crippen LogP contribution in [0.25, 0.3) is 11.5 Å². The first-order chi connectivity index (χ1) is 13.2. The molecule has 1 N–H and O–H groups in total. The zero-order valence-corrected chi connectivity index (χ0v) is 16.0. The average Bonchev–Trinajstić information content (AvgIpc) is 3.30. The summed E-state index contributed by atoms with van der Waals surface area (Å²) in [5.74, 6) is 1.07. The normalized spacial score (nSPS) is 10.9. The van der Waals surface area contributed by atoms with Gasteiger partial charge in [-0.15, -0.1) is 10.2 Å². The molecule has 2 aromatic heterocycles. The summed E-state index contributed by atoms with van der Waals surface area (Å²) in [7, 11) is 0. The molecule has 4 aromatic rings. The molecular weight excluding hydrogens is 409 g/mol. The fraction of sp³-hybridized carbons (Fsp3) is 0.0588. The Morgan fingerprint density at radius 2 is 2.04 bits per heavy atom. The van der Waals surface area contributed by atoms with Crippen molar-refractivity contribution < 1.29 is 8.91 Å². The maximum atomic E-state index is 13.2. The van der Waals surface area contributed by atoms with Crippen LogP contribution >= 0.6 is 34.7 Å². The number of hydrogen-bond donors (Lipinski definition) is 1. The van der Waals surface area contributed by atoms with Crippen molar-refractivity contribution in [2.75, 3.05) is 5.32 Å². The summed E-state index contributed by atoms with van der Waals surface area (Å²) in [6.45, 7) is 0. The molecule has 0 amide bonds. The van der Waals surface area contributed by atoms with E-state index in [1.54, 1.807) is 18.2 Å². The van der Waals surface area contributed by atoms with Crippen molar-refractivity contribution in [3.8, 4) is 11.5 Å². The van der Waals surface area contributed by atoms with Gasteiger partial charge in [0, 0.05) is 5.69 Å². The summed E-state index contributed by atoms with van der Waals surface area (Å²) in [5.41, 5.74) is 1.31. The van der Waals surface area contributed by atoms with Crippen LogP contribution in [-0.4, -0.2) is 20.3 Å². The number of aromatic nitrogens is 4. The minimum atomic E-state index is -0.314. The van der Waals surface area contributed by atoms with Gasteiger partial charge in [0.25, 0.3) is 5.89 Å². The number of thioether (sulfide) groups is 1. The number of nitrogens with one attached hydrogen (secondary N) is 1. The summed E-state index contributed by atoms with van der Waals surface area (Å²) in [6, 6.07) is 13.4. The van der Waals surface area contributed by atoms with Crippen molar-refractivity contribution >= 4 is 45.5 Å². The molecule has 10 heteroatoms. The number of nitrogens with zero attached hydrogens (tertiary/aromatic N) is 4. The molecule has 0 radical (unpaired) electrons. The Bertz CT molecular complexity index is 1070. The maximum Gasteiger partial charge on any atom is 0.259 e. The zero-order valence-electron chi connectivity index (χ0n) is 13.6. The number of anilines is 2. The lowest BCUT2D eigenvalue weighted by atomic mass is 10.2. The lowest BCUT2D eigenvalue weighted by Crippen LogP contribution is -1.89. The standard InChI is InChI=1S/C17H11ClFN5OS2/c18-13-7-2-1-6-12(13)15-21-14(24-25-15)9-26-17-23-22-16(27-17)20-11-5-3-4-10(19)8-11/h1-8H,9H2,(H,20,22). The SMILES string of the molecule is Fc1cccc(Nc2nnc(SCc3noc(-c4ccccc4Cl)n3)s2)c1. The van der Waals surface area contributed by atoms with E-state index in [1.165, 1.54) is 35.2 Å². The highest BCUT2D eigenvalue weighted by atomic mass is 35.5. The first-order valence-corrected chi connectivity index (χ1v) is 9.92. The Morgan fingerprint density at radius 1 is 1.15 bits per heavy atom. The van der Waals surface area contributed by atoms with Crippen LogP contribution in [0.5, 0.6) is 0 Å². The molecule has 0 unspecified atom stereocenters. The van der Waals surface area contributed by atoms with Gasteiger partial charge in [-0.05, 0) is 30.3 Å². The molecule has 0 aliphatic carbocycles. The number of hydrogen-bond acceptors (Lipinski definition) is 8. The molecular formula is C17H11ClFN5OS2. The lowest BCUT2D eigenvalue weighted by Gasteiger charge is -2.00. The molecule has 2 heterocycles. The van der Waals surface area contributed by atoms with E-state index in [1.807, 2.05) is 18.2 Å². The van der Waals surface area contributed by atoms with E-state index < -0.39 is 0 Å². The van der Waals surface area contributed by atoms with Gasteiger partial charge in [-0.2, -0.15) is 4.98 Å². The fourth-order valence-electron chi connectivity index (χ4n) is 2.19. The van der Waals surface area contributed by atoms with E-state index in [0.29, 0.717) is 38.9 Å². The predicted molar refractivity (Wildman–Crippen MR) is 104 cm³/mol. The third kappa shape index (κ3) is 4.44. The average molecular weight is 420 g/mol. The van der Waals surface area contributed by atoms with E-state index in [2.05, 4.69) is 25.7 Å². The second kappa shape index (κ2) is 8.03. The molecule has 0 bridgehead atoms. The molecule has 0 aliphatic rings. The summed E-state index contributed by atoms with van der Waals surface area (Å²) in [4.78, 5) is 4.36. The van der Waals surface area contributed by atoms with Gasteiger partial charge < -0.3 is 9.84 Å². The van der Waals surface area contributed by atoms with Gasteiger partial charge in [0.15, 0.2) is 10.2 Å². The minimum absolute atomic E-state index is 0.314. The van der Waals surface area contributed by atoms with Crippen LogP contribution < -0.4 is 5.32 Å². The zero-order chi connectivity index (χ0) is 18.6. The molecule has 0 atom stereocenters. The highest BCUT2D eigenvalue weighted by Gasteiger charge is 2.13. The molecule has 0 saturated heterocycles. The Morgan fingerprint density at radius 3 is 2.89 bits per heavy atom. The van der Waals surface area contributed by atoms with Crippen molar-refractivity contribution in [3.63, 3.8) is 0 Å². The Hall–Kier alpha value is -2.49. The van der Waals surface area contributed by atoms with Gasteiger partial charge in [0.2, 0.25) is 5.13 Å². The van der Waals surface area contributed by atoms with Crippen LogP contribution in [0, 0.1) is 5.82 Å². The highest BCUT2D eigenvalue weighted by molar-refractivity contribution is 8.00. The summed E-state index contributed by atoms with van der Waals surface area (Å²) < 4.78 is 19.2. The summed E-state index contributed by atoms with van der Waals surface area (Å²) in [6.07, 6.45) is 0. The lowest BCUT2D eigenvalue weighted by molar-refractivity contribution is 0.425. The maximum absolute atomic E-state index is 13.2. The third-order valence-corrected chi connectivity index (χ3v) is 5.68. The molecule has 6 nitrogen and oxygen atoms in total. The largest absolute Gasteiger partial charge is 0.334 e. The van der Waals surface area contributed by atoms with Crippen LogP contribution in [0.3, 0.4) is 0 Å². The molecule has 0 fully saturated rings. The number of benzene rings is 2. The van der Waals surface area contributed by atoms with Crippen molar-refractivity contribution in [1.29, 1.82) is 0 Å². The second-order valence-electron chi connectivity index (χ2n) is 5.29. The molecule has 0 saturated carbocycles. The Kier molecular flexibility index (Phi) is 5.33. The predicted octanol–water partition coefficient (Wildman–Crippen LogP) is 5.42. The van der Waals surface area contributed by atoms with E-state index in [4.69, 9.17) is 16.1 Å². The molecule has 0 spiro atoms. The smallest absolute Gasteiger partial charge is 0.259 e. The van der Waals surface area contributed by atoms with E-state index in [0.717, 1.165) is 4.34 Å². The molecule has 2 aromatic carbocycles. The first-order valence-electron chi connectivity index (χ1n) is 7.74. The molecule has 27 heavy (non-hydrogen) atoms. The van der Waals surface area contributed by atoms with Crippen LogP contribution in [0.1, 0.15) is 5.82 Å². The first kappa shape index (κ1) is 17.9. The monoisotopic (exact) mass is 419 g/mol. The summed E-state index contributed by atoms with van der Waals surface area (Å²) in [5, 5.41) is 16.3. The molecule has 0 aliphatic heterocycles. The van der Waals surface area contributed by atoms with Gasteiger partial charge >= 0.3 is 0 Å². The van der Waals surface area contributed by atoms with Crippen molar-refractivity contribution in [2.45, 2.75) is 10.1 Å². The Balaban J connectivity index is 1.38. The van der Waals surface area contributed by atoms with Crippen LogP contribution in [0.2, 0.25) is 5.02 Å². The van der Waals surface area contributed by atoms with Crippen LogP contribution in [0.15, 0.2) is 57.4 Å². The number of rotatable bonds is 6. The third-order valence-electron chi connectivity index (χ3n) is 3.38. The molecule has 4 rings (SSSR count). The van der Waals surface area contributed by atoms with E-state index in [-0.39, 0.29) is 5.82 Å². The van der Waals surface area contributed by atoms with Gasteiger partial charge in [-0.25, -0.2) is 4.39 Å². The fourth-order valence-corrected chi connectivity index (χ4v) is 4.02. The van der Waals surface area contributed by atoms with Crippen LogP contribution in [-0.2, 0) is 5.75 Å². The van der Waals surface area contributed by atoms with Crippen molar-refractivity contribution in [1.82, 2.24) is 20.3 Å². The van der Waals surface area contributed by atoms with E-state index >= 15 is 0 Å². The highest BCUT2D eigenvalue weighted by Crippen LogP contribution is 2.31. The van der Waals surface area contributed by atoms with Gasteiger partial charge in [0.1, 0.15) is 5.82 Å². The van der Waals surface area contributed by atoms with Gasteiger partial charge in [-0.1, -0.05) is 58.1 Å². The van der Waals surface area contributed by atoms with Gasteiger partial charge in [-0.3, -0.25) is 0 Å². The topological polar surface area (TPSA) is 76.7 Å². The Labute approximate surface area is 166 Å². The van der Waals surface area contributed by atoms with Gasteiger partial charge in [0.05, 0.1) is 16.3 Å². The van der Waals surface area contributed by atoms with Crippen molar-refractivity contribution in [2.24, 2.45) is 0 Å². The second-order valence-corrected chi connectivity index (χ2v) is 7.90. The van der Waals surface area contributed by atoms with E-state index in [9.17, 15) is 4.39 Å². The number of halogens is 2. The quantitative estimate of drug-likeness (QED) is 0.418. The summed E-state index contributed by atoms with van der Waals surface area (Å²) >= 11 is 8.93. The molecule has 136 valence electrons. The van der Waals surface area contributed by atoms with Crippen molar-refractivity contribution in [3.05, 3.63) is 65.2 Å². The van der Waals surface area contributed by atoms with Crippen LogP contribution in [0.4, 0.5) is 15.2 Å². The minimum Gasteiger partial charge on any atom is -0.334 e.